The van der Waals surface area contributed by atoms with Gasteiger partial charge in [0.05, 0.1) is 11.8 Å². The van der Waals surface area contributed by atoms with Crippen molar-refractivity contribution in [3.63, 3.8) is 0 Å². The summed E-state index contributed by atoms with van der Waals surface area (Å²) >= 11 is 1.72. The van der Waals surface area contributed by atoms with Crippen molar-refractivity contribution in [2.24, 2.45) is 5.41 Å². The van der Waals surface area contributed by atoms with Crippen LogP contribution >= 0.6 is 11.8 Å². The van der Waals surface area contributed by atoms with Gasteiger partial charge in [0.2, 0.25) is 0 Å². The zero-order chi connectivity index (χ0) is 7.90. The Labute approximate surface area is 68.5 Å². The van der Waals surface area contributed by atoms with Gasteiger partial charge in [-0.1, -0.05) is 0 Å². The van der Waals surface area contributed by atoms with Gasteiger partial charge >= 0.3 is 11.9 Å². The minimum atomic E-state index is -0.429. The molecule has 0 bridgehead atoms. The van der Waals surface area contributed by atoms with E-state index in [0.29, 0.717) is 6.42 Å². The molecule has 0 aliphatic carbocycles. The van der Waals surface area contributed by atoms with Crippen molar-refractivity contribution in [3.8, 4) is 0 Å². The van der Waals surface area contributed by atoms with Crippen molar-refractivity contribution in [3.05, 3.63) is 0 Å². The molecular weight excluding hydrogens is 164 g/mol. The third-order valence-electron chi connectivity index (χ3n) is 2.23. The van der Waals surface area contributed by atoms with E-state index in [0.717, 1.165) is 17.9 Å². The predicted octanol–water partition coefficient (Wildman–Crippen LogP) is 0.583. The lowest BCUT2D eigenvalue weighted by molar-refractivity contribution is -0.154. The summed E-state index contributed by atoms with van der Waals surface area (Å²) in [6.45, 7) is 0. The van der Waals surface area contributed by atoms with E-state index in [2.05, 4.69) is 4.74 Å². The average Bonchev–Trinajstić information content (AvgIpc) is 2.45. The Kier molecular flexibility index (Phi) is 1.45. The van der Waals surface area contributed by atoms with Crippen LogP contribution in [0.3, 0.4) is 0 Å². The fraction of sp³-hybridized carbons (Fsp3) is 0.714. The molecule has 1 atom stereocenters. The van der Waals surface area contributed by atoms with E-state index in [1.807, 2.05) is 0 Å². The van der Waals surface area contributed by atoms with E-state index >= 15 is 0 Å². The first-order chi connectivity index (χ1) is 5.23. The Hall–Kier alpha value is -0.510. The summed E-state index contributed by atoms with van der Waals surface area (Å²) in [7, 11) is 0. The van der Waals surface area contributed by atoms with Crippen molar-refractivity contribution in [1.82, 2.24) is 0 Å². The Bertz CT molecular complexity index is 218. The number of rotatable bonds is 0. The molecule has 3 nitrogen and oxygen atoms in total. The summed E-state index contributed by atoms with van der Waals surface area (Å²) in [5.74, 6) is 1.09. The minimum absolute atomic E-state index is 0.299. The maximum Gasteiger partial charge on any atom is 0.321 e. The summed E-state index contributed by atoms with van der Waals surface area (Å²) in [6.07, 6.45) is 1.11. The molecule has 0 N–H and O–H groups in total. The molecule has 2 heterocycles. The van der Waals surface area contributed by atoms with E-state index in [-0.39, 0.29) is 11.9 Å². The maximum absolute atomic E-state index is 11.2. The molecule has 2 saturated heterocycles. The highest BCUT2D eigenvalue weighted by atomic mass is 32.2. The first-order valence-electron chi connectivity index (χ1n) is 3.56. The van der Waals surface area contributed by atoms with Crippen LogP contribution in [0.1, 0.15) is 12.8 Å². The van der Waals surface area contributed by atoms with Gasteiger partial charge in [0.1, 0.15) is 0 Å². The van der Waals surface area contributed by atoms with Crippen molar-refractivity contribution < 1.29 is 14.3 Å². The number of esters is 2. The summed E-state index contributed by atoms with van der Waals surface area (Å²) in [4.78, 5) is 21.9. The van der Waals surface area contributed by atoms with Gasteiger partial charge in [-0.3, -0.25) is 9.59 Å². The van der Waals surface area contributed by atoms with Gasteiger partial charge in [-0.05, 0) is 12.2 Å². The second-order valence-electron chi connectivity index (χ2n) is 3.02. The maximum atomic E-state index is 11.2. The van der Waals surface area contributed by atoms with E-state index in [9.17, 15) is 9.59 Å². The number of thioether (sulfide) groups is 1. The van der Waals surface area contributed by atoms with Gasteiger partial charge in [0.25, 0.3) is 0 Å². The van der Waals surface area contributed by atoms with Gasteiger partial charge in [-0.25, -0.2) is 0 Å². The molecule has 0 aromatic heterocycles. The number of hydrogen-bond donors (Lipinski definition) is 0. The van der Waals surface area contributed by atoms with Crippen LogP contribution in [0.15, 0.2) is 0 Å². The smallest absolute Gasteiger partial charge is 0.321 e. The summed E-state index contributed by atoms with van der Waals surface area (Å²) < 4.78 is 4.51. The standard InChI is InChI=1S/C7H8O3S/c8-5-3-7(6(9)10-5)1-2-11-4-7/h1-4H2/t7-/m0/s1. The van der Waals surface area contributed by atoms with Gasteiger partial charge in [-0.15, -0.1) is 0 Å². The third kappa shape index (κ3) is 0.965. The molecule has 1 spiro atoms. The summed E-state index contributed by atoms with van der Waals surface area (Å²) in [5, 5.41) is 0. The number of ether oxygens (including phenoxy) is 1. The lowest BCUT2D eigenvalue weighted by Crippen LogP contribution is -2.25. The van der Waals surface area contributed by atoms with E-state index in [4.69, 9.17) is 0 Å². The second kappa shape index (κ2) is 2.24. The SMILES string of the molecule is O=C1C[C@]2(CCSC2)C(=O)O1. The van der Waals surface area contributed by atoms with Crippen LogP contribution < -0.4 is 0 Å². The number of cyclic esters (lactones) is 2. The highest BCUT2D eigenvalue weighted by Crippen LogP contribution is 2.43. The Morgan fingerprint density at radius 2 is 2.27 bits per heavy atom. The first kappa shape index (κ1) is 7.16. The Balaban J connectivity index is 2.24. The van der Waals surface area contributed by atoms with Crippen LogP contribution in [-0.2, 0) is 14.3 Å². The van der Waals surface area contributed by atoms with E-state index in [1.54, 1.807) is 11.8 Å². The molecule has 2 aliphatic heterocycles. The quantitative estimate of drug-likeness (QED) is 0.396. The Morgan fingerprint density at radius 3 is 2.73 bits per heavy atom. The van der Waals surface area contributed by atoms with Crippen LogP contribution in [0.25, 0.3) is 0 Å². The zero-order valence-electron chi connectivity index (χ0n) is 5.96. The van der Waals surface area contributed by atoms with Crippen molar-refractivity contribution in [1.29, 1.82) is 0 Å². The lowest BCUT2D eigenvalue weighted by Gasteiger charge is -2.12. The zero-order valence-corrected chi connectivity index (χ0v) is 6.78. The van der Waals surface area contributed by atoms with Crippen molar-refractivity contribution in [2.45, 2.75) is 12.8 Å². The van der Waals surface area contributed by atoms with Crippen molar-refractivity contribution in [2.75, 3.05) is 11.5 Å². The molecule has 0 radical (unpaired) electrons. The molecule has 0 aromatic rings. The van der Waals surface area contributed by atoms with Gasteiger partial charge in [-0.2, -0.15) is 11.8 Å². The van der Waals surface area contributed by atoms with E-state index < -0.39 is 5.41 Å². The third-order valence-corrected chi connectivity index (χ3v) is 3.48. The normalized spacial score (nSPS) is 36.7. The molecule has 2 fully saturated rings. The van der Waals surface area contributed by atoms with Gasteiger partial charge in [0, 0.05) is 5.75 Å². The second-order valence-corrected chi connectivity index (χ2v) is 4.13. The van der Waals surface area contributed by atoms with Crippen molar-refractivity contribution >= 4 is 23.7 Å². The van der Waals surface area contributed by atoms with Crippen LogP contribution in [0.4, 0.5) is 0 Å². The van der Waals surface area contributed by atoms with Gasteiger partial charge in [0.15, 0.2) is 0 Å². The highest BCUT2D eigenvalue weighted by Gasteiger charge is 2.50. The summed E-state index contributed by atoms with van der Waals surface area (Å²) in [5.41, 5.74) is -0.429. The van der Waals surface area contributed by atoms with Crippen LogP contribution in [0.5, 0.6) is 0 Å². The van der Waals surface area contributed by atoms with Crippen LogP contribution in [-0.4, -0.2) is 23.4 Å². The van der Waals surface area contributed by atoms with Gasteiger partial charge < -0.3 is 4.74 Å². The molecule has 60 valence electrons. The molecule has 2 aliphatic rings. The largest absolute Gasteiger partial charge is 0.393 e. The molecule has 0 amide bonds. The number of hydrogen-bond acceptors (Lipinski definition) is 4. The first-order valence-corrected chi connectivity index (χ1v) is 4.71. The highest BCUT2D eigenvalue weighted by molar-refractivity contribution is 7.99. The predicted molar refractivity (Wildman–Crippen MR) is 40.1 cm³/mol. The van der Waals surface area contributed by atoms with Crippen LogP contribution in [0.2, 0.25) is 0 Å². The average molecular weight is 172 g/mol. The minimum Gasteiger partial charge on any atom is -0.393 e. The Morgan fingerprint density at radius 1 is 1.45 bits per heavy atom. The summed E-state index contributed by atoms with van der Waals surface area (Å²) in [6, 6.07) is 0. The molecule has 0 saturated carbocycles. The molecule has 11 heavy (non-hydrogen) atoms. The molecule has 4 heteroatoms. The topological polar surface area (TPSA) is 43.4 Å². The monoisotopic (exact) mass is 172 g/mol. The fourth-order valence-corrected chi connectivity index (χ4v) is 2.94. The molecular formula is C7H8O3S. The molecule has 0 aromatic carbocycles. The molecule has 2 rings (SSSR count). The number of carbonyl (C=O) groups is 2. The molecule has 0 unspecified atom stereocenters. The lowest BCUT2D eigenvalue weighted by atomic mass is 9.86. The fourth-order valence-electron chi connectivity index (χ4n) is 1.50. The van der Waals surface area contributed by atoms with Crippen LogP contribution in [0, 0.1) is 5.41 Å². The van der Waals surface area contributed by atoms with E-state index in [1.165, 1.54) is 0 Å². The number of carbonyl (C=O) groups excluding carboxylic acids is 2.